The van der Waals surface area contributed by atoms with E-state index in [0.717, 1.165) is 6.42 Å². The zero-order chi connectivity index (χ0) is 8.55. The maximum atomic E-state index is 9.50. The van der Waals surface area contributed by atoms with Crippen LogP contribution in [0.3, 0.4) is 0 Å². The monoisotopic (exact) mass is 163 g/mol. The molecule has 1 aromatic rings. The molecule has 0 aliphatic heterocycles. The second-order valence-corrected chi connectivity index (χ2v) is 3.41. The molecule has 2 atom stereocenters. The van der Waals surface area contributed by atoms with E-state index >= 15 is 0 Å². The molecule has 12 heavy (non-hydrogen) atoms. The van der Waals surface area contributed by atoms with Gasteiger partial charge in [0.15, 0.2) is 0 Å². The number of benzene rings is 1. The van der Waals surface area contributed by atoms with Gasteiger partial charge in [-0.15, -0.1) is 0 Å². The molecule has 0 bridgehead atoms. The molecule has 2 rings (SSSR count). The average molecular weight is 163 g/mol. The second kappa shape index (κ2) is 2.88. The number of nitrogens with two attached hydrogens (primary N) is 1. The van der Waals surface area contributed by atoms with Crippen LogP contribution in [0.1, 0.15) is 11.1 Å². The summed E-state index contributed by atoms with van der Waals surface area (Å²) in [5.41, 5.74) is 8.27. The van der Waals surface area contributed by atoms with E-state index in [1.807, 2.05) is 12.1 Å². The summed E-state index contributed by atoms with van der Waals surface area (Å²) in [7, 11) is 0. The zero-order valence-electron chi connectivity index (χ0n) is 6.90. The Morgan fingerprint density at radius 1 is 1.17 bits per heavy atom. The molecule has 0 radical (unpaired) electrons. The molecule has 2 nitrogen and oxygen atoms in total. The van der Waals surface area contributed by atoms with E-state index in [9.17, 15) is 5.11 Å². The summed E-state index contributed by atoms with van der Waals surface area (Å²) >= 11 is 0. The maximum absolute atomic E-state index is 9.50. The van der Waals surface area contributed by atoms with Crippen molar-refractivity contribution < 1.29 is 5.11 Å². The summed E-state index contributed by atoms with van der Waals surface area (Å²) in [5, 5.41) is 9.50. The predicted molar refractivity (Wildman–Crippen MR) is 47.8 cm³/mol. The van der Waals surface area contributed by atoms with Crippen molar-refractivity contribution in [1.29, 1.82) is 0 Å². The highest BCUT2D eigenvalue weighted by Gasteiger charge is 2.22. The molecular formula is C10H13NO. The van der Waals surface area contributed by atoms with Gasteiger partial charge in [-0.1, -0.05) is 24.3 Å². The van der Waals surface area contributed by atoms with Crippen molar-refractivity contribution in [2.45, 2.75) is 25.0 Å². The van der Waals surface area contributed by atoms with Crippen LogP contribution in [-0.4, -0.2) is 17.3 Å². The minimum atomic E-state index is -0.361. The number of rotatable bonds is 0. The van der Waals surface area contributed by atoms with Crippen LogP contribution >= 0.6 is 0 Å². The van der Waals surface area contributed by atoms with Crippen molar-refractivity contribution in [3.8, 4) is 0 Å². The van der Waals surface area contributed by atoms with E-state index in [1.54, 1.807) is 0 Å². The summed E-state index contributed by atoms with van der Waals surface area (Å²) in [5.74, 6) is 0. The Morgan fingerprint density at radius 2 is 1.75 bits per heavy atom. The molecule has 2 heteroatoms. The van der Waals surface area contributed by atoms with Crippen molar-refractivity contribution in [3.05, 3.63) is 35.4 Å². The quantitative estimate of drug-likeness (QED) is 0.584. The highest BCUT2D eigenvalue weighted by molar-refractivity contribution is 5.31. The van der Waals surface area contributed by atoms with Crippen LogP contribution < -0.4 is 5.73 Å². The fraction of sp³-hybridized carbons (Fsp3) is 0.400. The Morgan fingerprint density at radius 3 is 2.42 bits per heavy atom. The average Bonchev–Trinajstić information content (AvgIpc) is 2.07. The van der Waals surface area contributed by atoms with Gasteiger partial charge >= 0.3 is 0 Å². The van der Waals surface area contributed by atoms with Crippen molar-refractivity contribution in [2.24, 2.45) is 5.73 Å². The first-order chi connectivity index (χ1) is 5.77. The Bertz CT molecular complexity index is 256. The third-order valence-corrected chi connectivity index (χ3v) is 2.50. The summed E-state index contributed by atoms with van der Waals surface area (Å²) in [6.07, 6.45) is 1.15. The molecule has 0 saturated carbocycles. The Kier molecular flexibility index (Phi) is 1.87. The van der Waals surface area contributed by atoms with E-state index in [2.05, 4.69) is 12.1 Å². The van der Waals surface area contributed by atoms with Gasteiger partial charge in [0.05, 0.1) is 6.10 Å². The van der Waals surface area contributed by atoms with E-state index in [4.69, 9.17) is 5.73 Å². The third-order valence-electron chi connectivity index (χ3n) is 2.50. The number of hydrogen-bond acceptors (Lipinski definition) is 2. The topological polar surface area (TPSA) is 46.2 Å². The standard InChI is InChI=1S/C10H13NO/c11-9-5-7-3-1-2-4-8(7)6-10(9)12/h1-4,9-10,12H,5-6,11H2. The minimum absolute atomic E-state index is 0.0834. The third kappa shape index (κ3) is 1.24. The van der Waals surface area contributed by atoms with Crippen molar-refractivity contribution in [1.82, 2.24) is 0 Å². The fourth-order valence-corrected chi connectivity index (χ4v) is 1.72. The molecule has 0 aromatic heterocycles. The van der Waals surface area contributed by atoms with Gasteiger partial charge in [-0.05, 0) is 17.5 Å². The number of fused-ring (bicyclic) bond motifs is 1. The lowest BCUT2D eigenvalue weighted by Gasteiger charge is -2.26. The van der Waals surface area contributed by atoms with Crippen LogP contribution in [-0.2, 0) is 12.8 Å². The molecule has 0 saturated heterocycles. The van der Waals surface area contributed by atoms with Gasteiger partial charge in [0, 0.05) is 12.5 Å². The second-order valence-electron chi connectivity index (χ2n) is 3.41. The van der Waals surface area contributed by atoms with Gasteiger partial charge in [0.2, 0.25) is 0 Å². The Balaban J connectivity index is 2.34. The molecule has 0 fully saturated rings. The van der Waals surface area contributed by atoms with Crippen LogP contribution in [0.2, 0.25) is 0 Å². The Labute approximate surface area is 72.0 Å². The smallest absolute Gasteiger partial charge is 0.0734 e. The SMILES string of the molecule is NC1Cc2ccccc2CC1O. The van der Waals surface area contributed by atoms with Gasteiger partial charge in [-0.3, -0.25) is 0 Å². The van der Waals surface area contributed by atoms with Crippen LogP contribution in [0.15, 0.2) is 24.3 Å². The molecule has 0 spiro atoms. The van der Waals surface area contributed by atoms with E-state index in [1.165, 1.54) is 11.1 Å². The van der Waals surface area contributed by atoms with Crippen LogP contribution in [0.25, 0.3) is 0 Å². The minimum Gasteiger partial charge on any atom is -0.391 e. The normalized spacial score (nSPS) is 28.2. The highest BCUT2D eigenvalue weighted by atomic mass is 16.3. The molecule has 0 amide bonds. The molecule has 1 aromatic carbocycles. The lowest BCUT2D eigenvalue weighted by molar-refractivity contribution is 0.137. The summed E-state index contributed by atoms with van der Waals surface area (Å²) in [6, 6.07) is 8.08. The summed E-state index contributed by atoms with van der Waals surface area (Å²) < 4.78 is 0. The maximum Gasteiger partial charge on any atom is 0.0734 e. The van der Waals surface area contributed by atoms with E-state index < -0.39 is 0 Å². The van der Waals surface area contributed by atoms with E-state index in [-0.39, 0.29) is 12.1 Å². The molecule has 0 heterocycles. The lowest BCUT2D eigenvalue weighted by atomic mass is 9.87. The predicted octanol–water partition coefficient (Wildman–Crippen LogP) is 0.473. The van der Waals surface area contributed by atoms with Crippen molar-refractivity contribution in [2.75, 3.05) is 0 Å². The largest absolute Gasteiger partial charge is 0.391 e. The molecule has 1 aliphatic carbocycles. The van der Waals surface area contributed by atoms with Crippen LogP contribution in [0, 0.1) is 0 Å². The van der Waals surface area contributed by atoms with Gasteiger partial charge in [-0.2, -0.15) is 0 Å². The molecular weight excluding hydrogens is 150 g/mol. The number of aliphatic hydroxyl groups is 1. The highest BCUT2D eigenvalue weighted by Crippen LogP contribution is 2.20. The van der Waals surface area contributed by atoms with Gasteiger partial charge < -0.3 is 10.8 Å². The van der Waals surface area contributed by atoms with Crippen molar-refractivity contribution >= 4 is 0 Å². The number of aliphatic hydroxyl groups excluding tert-OH is 1. The molecule has 3 N–H and O–H groups in total. The molecule has 64 valence electrons. The number of hydrogen-bond donors (Lipinski definition) is 2. The van der Waals surface area contributed by atoms with E-state index in [0.29, 0.717) is 6.42 Å². The van der Waals surface area contributed by atoms with Gasteiger partial charge in [-0.25, -0.2) is 0 Å². The van der Waals surface area contributed by atoms with Crippen molar-refractivity contribution in [3.63, 3.8) is 0 Å². The first-order valence-electron chi connectivity index (χ1n) is 4.28. The first-order valence-corrected chi connectivity index (χ1v) is 4.28. The van der Waals surface area contributed by atoms with Crippen LogP contribution in [0.4, 0.5) is 0 Å². The fourth-order valence-electron chi connectivity index (χ4n) is 1.72. The summed E-state index contributed by atoms with van der Waals surface area (Å²) in [4.78, 5) is 0. The Hall–Kier alpha value is -0.860. The molecule has 1 aliphatic rings. The lowest BCUT2D eigenvalue weighted by Crippen LogP contribution is -2.41. The van der Waals surface area contributed by atoms with Gasteiger partial charge in [0.25, 0.3) is 0 Å². The zero-order valence-corrected chi connectivity index (χ0v) is 6.90. The van der Waals surface area contributed by atoms with Gasteiger partial charge in [0.1, 0.15) is 0 Å². The molecule has 2 unspecified atom stereocenters. The first kappa shape index (κ1) is 7.77. The van der Waals surface area contributed by atoms with Crippen LogP contribution in [0.5, 0.6) is 0 Å². The summed E-state index contributed by atoms with van der Waals surface area (Å²) in [6.45, 7) is 0.